The van der Waals surface area contributed by atoms with Crippen molar-refractivity contribution < 1.29 is 4.79 Å². The zero-order valence-corrected chi connectivity index (χ0v) is 13.4. The normalized spacial score (nSPS) is 10.5. The number of hydrogen-bond donors (Lipinski definition) is 1. The van der Waals surface area contributed by atoms with E-state index in [2.05, 4.69) is 15.3 Å². The third-order valence-electron chi connectivity index (χ3n) is 3.12. The Kier molecular flexibility index (Phi) is 4.60. The first-order chi connectivity index (χ1) is 11.1. The van der Waals surface area contributed by atoms with Crippen molar-refractivity contribution >= 4 is 34.9 Å². The summed E-state index contributed by atoms with van der Waals surface area (Å²) in [4.78, 5) is 20.1. The molecule has 0 aliphatic rings. The molecule has 3 aromatic rings. The highest BCUT2D eigenvalue weighted by Crippen LogP contribution is 2.14. The van der Waals surface area contributed by atoms with E-state index in [-0.39, 0.29) is 11.1 Å². The molecule has 7 heteroatoms. The van der Waals surface area contributed by atoms with Crippen LogP contribution in [-0.4, -0.2) is 20.4 Å². The molecule has 2 aromatic heterocycles. The summed E-state index contributed by atoms with van der Waals surface area (Å²) in [6.45, 7) is 0.616. The second-order valence-electron chi connectivity index (χ2n) is 4.88. The van der Waals surface area contributed by atoms with Gasteiger partial charge >= 0.3 is 0 Å². The lowest BCUT2D eigenvalue weighted by Gasteiger charge is -2.03. The molecular formula is C16H12Cl2N4O. The quantitative estimate of drug-likeness (QED) is 0.729. The fourth-order valence-corrected chi connectivity index (χ4v) is 2.48. The average molecular weight is 347 g/mol. The third-order valence-corrected chi connectivity index (χ3v) is 3.56. The Morgan fingerprint density at radius 1 is 1.17 bits per heavy atom. The Morgan fingerprint density at radius 3 is 2.83 bits per heavy atom. The molecule has 0 aliphatic carbocycles. The zero-order chi connectivity index (χ0) is 16.2. The molecule has 116 valence electrons. The first-order valence-corrected chi connectivity index (χ1v) is 7.55. The number of nitrogens with zero attached hydrogens (tertiary/aromatic N) is 3. The van der Waals surface area contributed by atoms with Gasteiger partial charge in [0.25, 0.3) is 5.91 Å². The standard InChI is InChI=1S/C16H12Cl2N4O/c17-13-3-1-2-11(6-13)8-22-9-15(20-10-22)21-16(23)12-4-5-19-14(18)7-12/h1-7,9-10H,8H2,(H,21,23). The number of rotatable bonds is 4. The largest absolute Gasteiger partial charge is 0.331 e. The molecule has 23 heavy (non-hydrogen) atoms. The van der Waals surface area contributed by atoms with Crippen LogP contribution in [0.3, 0.4) is 0 Å². The van der Waals surface area contributed by atoms with Gasteiger partial charge in [0, 0.05) is 29.5 Å². The Labute approximate surface area is 142 Å². The molecule has 0 fully saturated rings. The van der Waals surface area contributed by atoms with Gasteiger partial charge < -0.3 is 9.88 Å². The predicted molar refractivity (Wildman–Crippen MR) is 90.0 cm³/mol. The van der Waals surface area contributed by atoms with Gasteiger partial charge in [-0.05, 0) is 29.8 Å². The maximum atomic E-state index is 12.1. The molecule has 2 heterocycles. The second-order valence-corrected chi connectivity index (χ2v) is 5.71. The lowest BCUT2D eigenvalue weighted by atomic mass is 10.2. The van der Waals surface area contributed by atoms with E-state index in [0.717, 1.165) is 5.56 Å². The molecule has 0 unspecified atom stereocenters. The van der Waals surface area contributed by atoms with Gasteiger partial charge in [-0.3, -0.25) is 4.79 Å². The highest BCUT2D eigenvalue weighted by atomic mass is 35.5. The van der Waals surface area contributed by atoms with Crippen molar-refractivity contribution in [2.45, 2.75) is 6.54 Å². The second kappa shape index (κ2) is 6.81. The van der Waals surface area contributed by atoms with Gasteiger partial charge in [0.05, 0.1) is 6.33 Å². The highest BCUT2D eigenvalue weighted by Gasteiger charge is 2.09. The minimum Gasteiger partial charge on any atom is -0.331 e. The van der Waals surface area contributed by atoms with Crippen LogP contribution in [0, 0.1) is 0 Å². The topological polar surface area (TPSA) is 59.8 Å². The number of benzene rings is 1. The van der Waals surface area contributed by atoms with Crippen LogP contribution in [0.1, 0.15) is 15.9 Å². The average Bonchev–Trinajstić information content (AvgIpc) is 2.94. The summed E-state index contributed by atoms with van der Waals surface area (Å²) in [5, 5.41) is 3.67. The fraction of sp³-hybridized carbons (Fsp3) is 0.0625. The number of nitrogens with one attached hydrogen (secondary N) is 1. The maximum absolute atomic E-state index is 12.1. The van der Waals surface area contributed by atoms with E-state index in [9.17, 15) is 4.79 Å². The number of carbonyl (C=O) groups excluding carboxylic acids is 1. The van der Waals surface area contributed by atoms with Crippen molar-refractivity contribution in [2.75, 3.05) is 5.32 Å². The van der Waals surface area contributed by atoms with E-state index in [1.807, 2.05) is 28.8 Å². The Balaban J connectivity index is 1.68. The first-order valence-electron chi connectivity index (χ1n) is 6.79. The van der Waals surface area contributed by atoms with Gasteiger partial charge in [0.2, 0.25) is 0 Å². The molecule has 0 bridgehead atoms. The van der Waals surface area contributed by atoms with Crippen molar-refractivity contribution in [1.82, 2.24) is 14.5 Å². The van der Waals surface area contributed by atoms with Gasteiger partial charge in [-0.2, -0.15) is 0 Å². The smallest absolute Gasteiger partial charge is 0.257 e. The number of aromatic nitrogens is 3. The van der Waals surface area contributed by atoms with E-state index in [0.29, 0.717) is 22.9 Å². The number of halogens is 2. The highest BCUT2D eigenvalue weighted by molar-refractivity contribution is 6.30. The van der Waals surface area contributed by atoms with Crippen LogP contribution < -0.4 is 5.32 Å². The van der Waals surface area contributed by atoms with Crippen molar-refractivity contribution in [2.24, 2.45) is 0 Å². The Bertz CT molecular complexity index is 847. The third kappa shape index (κ3) is 4.09. The van der Waals surface area contributed by atoms with Crippen LogP contribution in [0.4, 0.5) is 5.82 Å². The fourth-order valence-electron chi connectivity index (χ4n) is 2.09. The summed E-state index contributed by atoms with van der Waals surface area (Å²) in [6, 6.07) is 10.7. The van der Waals surface area contributed by atoms with Gasteiger partial charge in [-0.1, -0.05) is 35.3 Å². The van der Waals surface area contributed by atoms with E-state index in [1.54, 1.807) is 18.6 Å². The number of imidazole rings is 1. The van der Waals surface area contributed by atoms with E-state index in [1.165, 1.54) is 12.3 Å². The van der Waals surface area contributed by atoms with E-state index in [4.69, 9.17) is 23.2 Å². The maximum Gasteiger partial charge on any atom is 0.257 e. The van der Waals surface area contributed by atoms with Crippen LogP contribution in [0.25, 0.3) is 0 Å². The molecule has 5 nitrogen and oxygen atoms in total. The first kappa shape index (κ1) is 15.5. The van der Waals surface area contributed by atoms with E-state index < -0.39 is 0 Å². The molecule has 0 spiro atoms. The summed E-state index contributed by atoms with van der Waals surface area (Å²) in [5.74, 6) is 0.173. The molecule has 0 saturated carbocycles. The molecule has 0 saturated heterocycles. The number of amides is 1. The van der Waals surface area contributed by atoms with Crippen LogP contribution in [0.5, 0.6) is 0 Å². The van der Waals surface area contributed by atoms with Crippen molar-refractivity contribution in [3.8, 4) is 0 Å². The number of anilines is 1. The molecule has 1 aromatic carbocycles. The van der Waals surface area contributed by atoms with Gasteiger partial charge in [0.1, 0.15) is 5.15 Å². The van der Waals surface area contributed by atoms with Crippen molar-refractivity contribution in [3.63, 3.8) is 0 Å². The summed E-state index contributed by atoms with van der Waals surface area (Å²) in [6.07, 6.45) is 4.88. The summed E-state index contributed by atoms with van der Waals surface area (Å²) in [7, 11) is 0. The lowest BCUT2D eigenvalue weighted by molar-refractivity contribution is 0.102. The minimum atomic E-state index is -0.290. The number of carbonyl (C=O) groups is 1. The summed E-state index contributed by atoms with van der Waals surface area (Å²) in [5.41, 5.74) is 1.48. The SMILES string of the molecule is O=C(Nc1cn(Cc2cccc(Cl)c2)cn1)c1ccnc(Cl)c1. The number of pyridine rings is 1. The molecular weight excluding hydrogens is 335 g/mol. The van der Waals surface area contributed by atoms with Crippen molar-refractivity contribution in [1.29, 1.82) is 0 Å². The Morgan fingerprint density at radius 2 is 2.04 bits per heavy atom. The molecule has 0 radical (unpaired) electrons. The molecule has 1 amide bonds. The minimum absolute atomic E-state index is 0.268. The van der Waals surface area contributed by atoms with Gasteiger partial charge in [-0.25, -0.2) is 9.97 Å². The summed E-state index contributed by atoms with van der Waals surface area (Å²) >= 11 is 11.7. The molecule has 0 aliphatic heterocycles. The monoisotopic (exact) mass is 346 g/mol. The van der Waals surface area contributed by atoms with Crippen LogP contribution in [-0.2, 0) is 6.54 Å². The molecule has 0 atom stereocenters. The zero-order valence-electron chi connectivity index (χ0n) is 11.9. The lowest BCUT2D eigenvalue weighted by Crippen LogP contribution is -2.12. The Hall–Kier alpha value is -2.37. The van der Waals surface area contributed by atoms with Crippen molar-refractivity contribution in [3.05, 3.63) is 76.4 Å². The predicted octanol–water partition coefficient (Wildman–Crippen LogP) is 3.89. The van der Waals surface area contributed by atoms with Gasteiger partial charge in [-0.15, -0.1) is 0 Å². The van der Waals surface area contributed by atoms with Gasteiger partial charge in [0.15, 0.2) is 5.82 Å². The number of hydrogen-bond acceptors (Lipinski definition) is 3. The van der Waals surface area contributed by atoms with Crippen LogP contribution in [0.15, 0.2) is 55.1 Å². The van der Waals surface area contributed by atoms with E-state index >= 15 is 0 Å². The summed E-state index contributed by atoms with van der Waals surface area (Å²) < 4.78 is 1.86. The molecule has 3 rings (SSSR count). The molecule has 1 N–H and O–H groups in total. The van der Waals surface area contributed by atoms with Crippen LogP contribution >= 0.6 is 23.2 Å². The van der Waals surface area contributed by atoms with Crippen LogP contribution in [0.2, 0.25) is 10.2 Å².